The van der Waals surface area contributed by atoms with Crippen LogP contribution in [0.3, 0.4) is 0 Å². The minimum absolute atomic E-state index is 0.134. The zero-order valence-corrected chi connectivity index (χ0v) is 10.6. The number of benzene rings is 1. The van der Waals surface area contributed by atoms with E-state index in [1.165, 1.54) is 18.3 Å². The average molecular weight is 275 g/mol. The molecule has 0 unspecified atom stereocenters. The Morgan fingerprint density at radius 1 is 1.42 bits per heavy atom. The second kappa shape index (κ2) is 5.46. The Kier molecular flexibility index (Phi) is 3.74. The number of nitrogens with two attached hydrogens (primary N) is 1. The van der Waals surface area contributed by atoms with E-state index in [0.29, 0.717) is 29.2 Å². The van der Waals surface area contributed by atoms with E-state index < -0.39 is 0 Å². The van der Waals surface area contributed by atoms with Crippen LogP contribution in [0.25, 0.3) is 0 Å². The van der Waals surface area contributed by atoms with Crippen LogP contribution in [0.5, 0.6) is 5.75 Å². The van der Waals surface area contributed by atoms with Crippen molar-refractivity contribution in [3.05, 3.63) is 46.6 Å². The van der Waals surface area contributed by atoms with E-state index in [4.69, 9.17) is 22.6 Å². The summed E-state index contributed by atoms with van der Waals surface area (Å²) in [5.74, 6) is 0.525. The van der Waals surface area contributed by atoms with Gasteiger partial charge in [0.25, 0.3) is 0 Å². The lowest BCUT2D eigenvalue weighted by Gasteiger charge is -2.10. The number of phenols is 1. The minimum atomic E-state index is 0.134. The Hall–Kier alpha value is -2.45. The van der Waals surface area contributed by atoms with Crippen molar-refractivity contribution >= 4 is 23.1 Å². The second-order valence-electron chi connectivity index (χ2n) is 3.87. The van der Waals surface area contributed by atoms with Gasteiger partial charge in [-0.15, -0.1) is 0 Å². The lowest BCUT2D eigenvalue weighted by atomic mass is 10.2. The van der Waals surface area contributed by atoms with Crippen LogP contribution in [-0.4, -0.2) is 10.1 Å². The van der Waals surface area contributed by atoms with Crippen LogP contribution in [0, 0.1) is 11.3 Å². The van der Waals surface area contributed by atoms with E-state index in [1.807, 2.05) is 6.07 Å². The fraction of sp³-hybridized carbons (Fsp3) is 0.0769. The molecule has 6 heteroatoms. The summed E-state index contributed by atoms with van der Waals surface area (Å²) in [6.07, 6.45) is 1.49. The number of hydrogen-bond donors (Lipinski definition) is 3. The monoisotopic (exact) mass is 274 g/mol. The van der Waals surface area contributed by atoms with Crippen LogP contribution in [0.1, 0.15) is 11.1 Å². The van der Waals surface area contributed by atoms with Gasteiger partial charge >= 0.3 is 0 Å². The second-order valence-corrected chi connectivity index (χ2v) is 4.25. The molecule has 0 fully saturated rings. The number of aromatic hydroxyl groups is 1. The number of nitrogen functional groups attached to an aromatic ring is 1. The summed E-state index contributed by atoms with van der Waals surface area (Å²) >= 11 is 6.01. The zero-order valence-electron chi connectivity index (χ0n) is 9.89. The lowest BCUT2D eigenvalue weighted by Crippen LogP contribution is -2.03. The lowest BCUT2D eigenvalue weighted by molar-refractivity contribution is 0.469. The first-order valence-electron chi connectivity index (χ1n) is 5.47. The first-order chi connectivity index (χ1) is 9.11. The average Bonchev–Trinajstić information content (AvgIpc) is 2.41. The molecule has 2 aromatic rings. The predicted octanol–water partition coefficient (Wildman–Crippen LogP) is 2.51. The highest BCUT2D eigenvalue weighted by Gasteiger charge is 2.08. The summed E-state index contributed by atoms with van der Waals surface area (Å²) in [6.45, 7) is 0.304. The van der Waals surface area contributed by atoms with Crippen molar-refractivity contribution in [3.63, 3.8) is 0 Å². The Balaban J connectivity index is 2.20. The van der Waals surface area contributed by atoms with Crippen LogP contribution in [-0.2, 0) is 6.54 Å². The molecular weight excluding hydrogens is 264 g/mol. The zero-order chi connectivity index (χ0) is 13.8. The van der Waals surface area contributed by atoms with Gasteiger partial charge in [0.05, 0.1) is 5.56 Å². The summed E-state index contributed by atoms with van der Waals surface area (Å²) in [4.78, 5) is 4.05. The molecule has 1 aromatic carbocycles. The van der Waals surface area contributed by atoms with E-state index in [2.05, 4.69) is 10.3 Å². The molecule has 0 bridgehead atoms. The third-order valence-corrected chi connectivity index (χ3v) is 2.94. The van der Waals surface area contributed by atoms with E-state index in [-0.39, 0.29) is 10.8 Å². The SMILES string of the molecule is N#Cc1ccnc(NCc2cc(N)ccc2O)c1Cl. The largest absolute Gasteiger partial charge is 0.508 e. The molecule has 0 aliphatic carbocycles. The van der Waals surface area contributed by atoms with Crippen LogP contribution in [0.15, 0.2) is 30.5 Å². The minimum Gasteiger partial charge on any atom is -0.508 e. The standard InChI is InChI=1S/C13H11ClN4O/c14-12-8(6-15)3-4-17-13(12)18-7-9-5-10(16)1-2-11(9)19/h1-5,19H,7,16H2,(H,17,18). The van der Waals surface area contributed by atoms with Gasteiger partial charge in [-0.25, -0.2) is 4.98 Å². The predicted molar refractivity (Wildman–Crippen MR) is 73.8 cm³/mol. The molecule has 0 atom stereocenters. The number of nitrogens with one attached hydrogen (secondary N) is 1. The fourth-order valence-electron chi connectivity index (χ4n) is 1.58. The van der Waals surface area contributed by atoms with Crippen molar-refractivity contribution < 1.29 is 5.11 Å². The van der Waals surface area contributed by atoms with Gasteiger partial charge < -0.3 is 16.2 Å². The number of halogens is 1. The number of pyridine rings is 1. The Morgan fingerprint density at radius 2 is 2.21 bits per heavy atom. The fourth-order valence-corrected chi connectivity index (χ4v) is 1.80. The van der Waals surface area contributed by atoms with E-state index in [1.54, 1.807) is 12.1 Å². The molecule has 0 saturated heterocycles. The van der Waals surface area contributed by atoms with Gasteiger partial charge in [-0.1, -0.05) is 11.6 Å². The maximum Gasteiger partial charge on any atom is 0.146 e. The van der Waals surface area contributed by atoms with E-state index in [0.717, 1.165) is 0 Å². The number of hydrogen-bond acceptors (Lipinski definition) is 5. The summed E-state index contributed by atoms with van der Waals surface area (Å²) in [5, 5.41) is 21.8. The topological polar surface area (TPSA) is 95.0 Å². The maximum absolute atomic E-state index is 9.68. The van der Waals surface area contributed by atoms with Crippen molar-refractivity contribution in [1.82, 2.24) is 4.98 Å². The Bertz CT molecular complexity index is 652. The molecule has 19 heavy (non-hydrogen) atoms. The van der Waals surface area contributed by atoms with Gasteiger partial charge in [0, 0.05) is 24.0 Å². The highest BCUT2D eigenvalue weighted by atomic mass is 35.5. The molecule has 0 spiro atoms. The molecule has 5 nitrogen and oxygen atoms in total. The molecule has 0 saturated carbocycles. The van der Waals surface area contributed by atoms with E-state index >= 15 is 0 Å². The molecule has 0 aliphatic heterocycles. The van der Waals surface area contributed by atoms with Crippen molar-refractivity contribution in [3.8, 4) is 11.8 Å². The van der Waals surface area contributed by atoms with Crippen molar-refractivity contribution in [2.45, 2.75) is 6.54 Å². The first kappa shape index (κ1) is 13.0. The molecule has 1 heterocycles. The van der Waals surface area contributed by atoms with Crippen LogP contribution >= 0.6 is 11.6 Å². The Morgan fingerprint density at radius 3 is 2.95 bits per heavy atom. The number of anilines is 2. The highest BCUT2D eigenvalue weighted by molar-refractivity contribution is 6.34. The van der Waals surface area contributed by atoms with Gasteiger partial charge in [0.1, 0.15) is 22.7 Å². The van der Waals surface area contributed by atoms with Crippen LogP contribution in [0.2, 0.25) is 5.02 Å². The number of rotatable bonds is 3. The molecule has 0 radical (unpaired) electrons. The van der Waals surface area contributed by atoms with Gasteiger partial charge in [0.15, 0.2) is 0 Å². The van der Waals surface area contributed by atoms with Crippen LogP contribution in [0.4, 0.5) is 11.5 Å². The highest BCUT2D eigenvalue weighted by Crippen LogP contribution is 2.25. The van der Waals surface area contributed by atoms with Gasteiger partial charge in [-0.2, -0.15) is 5.26 Å². The first-order valence-corrected chi connectivity index (χ1v) is 5.85. The van der Waals surface area contributed by atoms with E-state index in [9.17, 15) is 5.11 Å². The van der Waals surface area contributed by atoms with Crippen LogP contribution < -0.4 is 11.1 Å². The van der Waals surface area contributed by atoms with Crippen molar-refractivity contribution in [1.29, 1.82) is 5.26 Å². The Labute approximate surface area is 115 Å². The molecule has 0 aliphatic rings. The molecule has 4 N–H and O–H groups in total. The van der Waals surface area contributed by atoms with Crippen molar-refractivity contribution in [2.24, 2.45) is 0 Å². The summed E-state index contributed by atoms with van der Waals surface area (Å²) in [6, 6.07) is 8.30. The summed E-state index contributed by atoms with van der Waals surface area (Å²) < 4.78 is 0. The number of phenolic OH excluding ortho intramolecular Hbond substituents is 1. The molecule has 0 amide bonds. The molecule has 96 valence electrons. The van der Waals surface area contributed by atoms with Crippen molar-refractivity contribution in [2.75, 3.05) is 11.1 Å². The normalized spacial score (nSPS) is 9.89. The molecule has 2 rings (SSSR count). The third-order valence-electron chi connectivity index (χ3n) is 2.56. The molecule has 1 aromatic heterocycles. The third kappa shape index (κ3) is 2.87. The molecular formula is C13H11ClN4O. The number of nitrogens with zero attached hydrogens (tertiary/aromatic N) is 2. The smallest absolute Gasteiger partial charge is 0.146 e. The number of nitriles is 1. The quantitative estimate of drug-likeness (QED) is 0.590. The van der Waals surface area contributed by atoms with Gasteiger partial charge in [0.2, 0.25) is 0 Å². The summed E-state index contributed by atoms with van der Waals surface area (Å²) in [5.41, 5.74) is 7.17. The maximum atomic E-state index is 9.68. The van der Waals surface area contributed by atoms with Gasteiger partial charge in [-0.05, 0) is 24.3 Å². The van der Waals surface area contributed by atoms with Gasteiger partial charge in [-0.3, -0.25) is 0 Å². The summed E-state index contributed by atoms with van der Waals surface area (Å²) in [7, 11) is 0. The number of aromatic nitrogens is 1.